The Morgan fingerprint density at radius 1 is 1.17 bits per heavy atom. The van der Waals surface area contributed by atoms with E-state index in [1.54, 1.807) is 36.3 Å². The smallest absolute Gasteiger partial charge is 0.415 e. The lowest BCUT2D eigenvalue weighted by molar-refractivity contribution is 0.151. The van der Waals surface area contributed by atoms with Gasteiger partial charge in [0.15, 0.2) is 11.2 Å². The Bertz CT molecular complexity index is 1360. The van der Waals surface area contributed by atoms with E-state index in [-0.39, 0.29) is 6.10 Å². The van der Waals surface area contributed by atoms with Gasteiger partial charge in [-0.2, -0.15) is 10.1 Å². The molecular formula is C24H27N7O4. The second kappa shape index (κ2) is 9.24. The van der Waals surface area contributed by atoms with Gasteiger partial charge < -0.3 is 23.7 Å². The highest BCUT2D eigenvalue weighted by molar-refractivity contribution is 5.81. The standard InChI is InChI=1S/C24H27N7O4/c1-5-31-15(2)19(12-27-31)21-28-20-22(29(21)3)25-14-26-23(20)34-18-10-11-30(13-18)24(32)35-17-8-6-16(33-4)7-9-17/h6-9,12,14,18H,5,10-11,13H2,1-4H3/t18-/m0/s1. The molecule has 0 unspecified atom stereocenters. The molecule has 0 radical (unpaired) electrons. The lowest BCUT2D eigenvalue weighted by Gasteiger charge is -2.16. The van der Waals surface area contributed by atoms with Crippen LogP contribution in [0.1, 0.15) is 19.0 Å². The molecule has 0 saturated carbocycles. The highest BCUT2D eigenvalue weighted by Gasteiger charge is 2.30. The molecule has 1 fully saturated rings. The van der Waals surface area contributed by atoms with E-state index in [0.29, 0.717) is 48.1 Å². The van der Waals surface area contributed by atoms with E-state index in [0.717, 1.165) is 23.6 Å². The molecule has 3 aromatic heterocycles. The van der Waals surface area contributed by atoms with Crippen molar-refractivity contribution in [3.8, 4) is 28.8 Å². The first kappa shape index (κ1) is 22.6. The number of rotatable bonds is 6. The van der Waals surface area contributed by atoms with Crippen LogP contribution in [0.2, 0.25) is 0 Å². The topological polar surface area (TPSA) is 109 Å². The minimum atomic E-state index is -0.419. The average molecular weight is 478 g/mol. The maximum atomic E-state index is 12.6. The Hall–Kier alpha value is -4.15. The lowest BCUT2D eigenvalue weighted by Crippen LogP contribution is -2.33. The zero-order chi connectivity index (χ0) is 24.5. The molecule has 182 valence electrons. The summed E-state index contributed by atoms with van der Waals surface area (Å²) >= 11 is 0. The Kier molecular flexibility index (Phi) is 5.98. The summed E-state index contributed by atoms with van der Waals surface area (Å²) in [5.41, 5.74) is 3.21. The van der Waals surface area contributed by atoms with Gasteiger partial charge in [0.25, 0.3) is 0 Å². The lowest BCUT2D eigenvalue weighted by atomic mass is 10.2. The second-order valence-corrected chi connectivity index (χ2v) is 8.32. The SMILES string of the molecule is CCn1ncc(-c2nc3c(O[C@H]4CCN(C(=O)Oc5ccc(OC)cc5)C4)ncnc3n2C)c1C. The van der Waals surface area contributed by atoms with E-state index in [1.807, 2.05) is 36.3 Å². The number of carbonyl (C=O) groups is 1. The molecule has 11 heteroatoms. The highest BCUT2D eigenvalue weighted by Crippen LogP contribution is 2.30. The maximum Gasteiger partial charge on any atom is 0.415 e. The van der Waals surface area contributed by atoms with Crippen molar-refractivity contribution in [2.45, 2.75) is 32.9 Å². The number of hydrogen-bond acceptors (Lipinski definition) is 8. The number of amides is 1. The first-order chi connectivity index (χ1) is 17.0. The van der Waals surface area contributed by atoms with E-state index in [2.05, 4.69) is 15.1 Å². The summed E-state index contributed by atoms with van der Waals surface area (Å²) in [5, 5.41) is 4.43. The van der Waals surface area contributed by atoms with Crippen LogP contribution in [-0.2, 0) is 13.6 Å². The third-order valence-electron chi connectivity index (χ3n) is 6.21. The summed E-state index contributed by atoms with van der Waals surface area (Å²) in [7, 11) is 3.50. The van der Waals surface area contributed by atoms with Crippen molar-refractivity contribution in [3.63, 3.8) is 0 Å². The third kappa shape index (κ3) is 4.25. The number of methoxy groups -OCH3 is 1. The number of benzene rings is 1. The number of carbonyl (C=O) groups excluding carboxylic acids is 1. The van der Waals surface area contributed by atoms with Gasteiger partial charge in [0.05, 0.1) is 25.4 Å². The largest absolute Gasteiger partial charge is 0.497 e. The van der Waals surface area contributed by atoms with E-state index < -0.39 is 6.09 Å². The van der Waals surface area contributed by atoms with Gasteiger partial charge in [-0.1, -0.05) is 0 Å². The maximum absolute atomic E-state index is 12.6. The quantitative estimate of drug-likeness (QED) is 0.416. The van der Waals surface area contributed by atoms with Crippen molar-refractivity contribution in [2.75, 3.05) is 20.2 Å². The summed E-state index contributed by atoms with van der Waals surface area (Å²) in [6, 6.07) is 6.88. The van der Waals surface area contributed by atoms with E-state index in [9.17, 15) is 4.79 Å². The van der Waals surface area contributed by atoms with Crippen LogP contribution in [0.15, 0.2) is 36.8 Å². The first-order valence-corrected chi connectivity index (χ1v) is 11.5. The molecule has 1 aliphatic heterocycles. The monoisotopic (exact) mass is 477 g/mol. The van der Waals surface area contributed by atoms with Crippen molar-refractivity contribution >= 4 is 17.3 Å². The van der Waals surface area contributed by atoms with Gasteiger partial charge in [-0.25, -0.2) is 14.8 Å². The molecule has 5 rings (SSSR count). The van der Waals surface area contributed by atoms with Gasteiger partial charge in [0.2, 0.25) is 5.88 Å². The van der Waals surface area contributed by atoms with Gasteiger partial charge in [-0.15, -0.1) is 0 Å². The number of aryl methyl sites for hydroxylation is 2. The van der Waals surface area contributed by atoms with Gasteiger partial charge in [0, 0.05) is 32.3 Å². The predicted molar refractivity (Wildman–Crippen MR) is 128 cm³/mol. The van der Waals surface area contributed by atoms with Crippen LogP contribution < -0.4 is 14.2 Å². The first-order valence-electron chi connectivity index (χ1n) is 11.5. The molecule has 1 atom stereocenters. The van der Waals surface area contributed by atoms with Gasteiger partial charge in [-0.05, 0) is 38.1 Å². The van der Waals surface area contributed by atoms with Crippen LogP contribution >= 0.6 is 0 Å². The third-order valence-corrected chi connectivity index (χ3v) is 6.21. The predicted octanol–water partition coefficient (Wildman–Crippen LogP) is 3.22. The van der Waals surface area contributed by atoms with Crippen molar-refractivity contribution in [1.82, 2.24) is 34.2 Å². The summed E-state index contributed by atoms with van der Waals surface area (Å²) in [4.78, 5) is 27.8. The van der Waals surface area contributed by atoms with Crippen molar-refractivity contribution < 1.29 is 19.0 Å². The van der Waals surface area contributed by atoms with E-state index in [4.69, 9.17) is 19.2 Å². The molecule has 4 aromatic rings. The van der Waals surface area contributed by atoms with Crippen LogP contribution in [-0.4, -0.2) is 66.6 Å². The average Bonchev–Trinajstić information content (AvgIpc) is 3.57. The van der Waals surface area contributed by atoms with Crippen molar-refractivity contribution in [2.24, 2.45) is 7.05 Å². The molecular weight excluding hydrogens is 450 g/mol. The number of hydrogen-bond donors (Lipinski definition) is 0. The minimum absolute atomic E-state index is 0.230. The molecule has 1 amide bonds. The van der Waals surface area contributed by atoms with Crippen molar-refractivity contribution in [3.05, 3.63) is 42.5 Å². The fourth-order valence-electron chi connectivity index (χ4n) is 4.25. The molecule has 0 bridgehead atoms. The van der Waals surface area contributed by atoms with Crippen molar-refractivity contribution in [1.29, 1.82) is 0 Å². The van der Waals surface area contributed by atoms with Gasteiger partial charge >= 0.3 is 6.09 Å². The fraction of sp³-hybridized carbons (Fsp3) is 0.375. The van der Waals surface area contributed by atoms with Crippen LogP contribution in [0.3, 0.4) is 0 Å². The molecule has 11 nitrogen and oxygen atoms in total. The van der Waals surface area contributed by atoms with Gasteiger partial charge in [0.1, 0.15) is 29.8 Å². The number of likely N-dealkylation sites (tertiary alicyclic amines) is 1. The normalized spacial score (nSPS) is 15.5. The second-order valence-electron chi connectivity index (χ2n) is 8.32. The number of nitrogens with zero attached hydrogens (tertiary/aromatic N) is 7. The summed E-state index contributed by atoms with van der Waals surface area (Å²) in [6.45, 7) is 5.77. The molecule has 1 aromatic carbocycles. The molecule has 0 spiro atoms. The summed E-state index contributed by atoms with van der Waals surface area (Å²) in [5.74, 6) is 2.30. The zero-order valence-corrected chi connectivity index (χ0v) is 20.1. The van der Waals surface area contributed by atoms with E-state index in [1.165, 1.54) is 6.33 Å². The highest BCUT2D eigenvalue weighted by atomic mass is 16.6. The molecule has 1 aliphatic rings. The van der Waals surface area contributed by atoms with Crippen LogP contribution in [0.4, 0.5) is 4.79 Å². The number of ether oxygens (including phenoxy) is 3. The van der Waals surface area contributed by atoms with Gasteiger partial charge in [-0.3, -0.25) is 4.68 Å². The number of imidazole rings is 1. The number of aromatic nitrogens is 6. The number of fused-ring (bicyclic) bond motifs is 1. The molecule has 0 aliphatic carbocycles. The zero-order valence-electron chi connectivity index (χ0n) is 20.1. The van der Waals surface area contributed by atoms with Crippen LogP contribution in [0, 0.1) is 6.92 Å². The Labute approximate surface area is 202 Å². The summed E-state index contributed by atoms with van der Waals surface area (Å²) < 4.78 is 20.7. The summed E-state index contributed by atoms with van der Waals surface area (Å²) in [6.07, 6.45) is 3.29. The minimum Gasteiger partial charge on any atom is -0.497 e. The Morgan fingerprint density at radius 2 is 1.94 bits per heavy atom. The molecule has 35 heavy (non-hydrogen) atoms. The van der Waals surface area contributed by atoms with Crippen LogP contribution in [0.5, 0.6) is 17.4 Å². The van der Waals surface area contributed by atoms with Crippen LogP contribution in [0.25, 0.3) is 22.6 Å². The Morgan fingerprint density at radius 3 is 2.66 bits per heavy atom. The van der Waals surface area contributed by atoms with E-state index >= 15 is 0 Å². The Balaban J connectivity index is 1.31. The molecule has 1 saturated heterocycles. The molecule has 4 heterocycles. The fourth-order valence-corrected chi connectivity index (χ4v) is 4.25. The molecule has 0 N–H and O–H groups in total.